The van der Waals surface area contributed by atoms with Crippen LogP contribution in [0.15, 0.2) is 42.0 Å². The van der Waals surface area contributed by atoms with Gasteiger partial charge in [0.25, 0.3) is 0 Å². The average Bonchev–Trinajstić information content (AvgIpc) is 2.82. The van der Waals surface area contributed by atoms with E-state index in [9.17, 15) is 5.11 Å². The van der Waals surface area contributed by atoms with Crippen LogP contribution in [-0.4, -0.2) is 11.2 Å². The maximum Gasteiger partial charge on any atom is 0.0841 e. The molecular weight excluding hydrogens is 196 g/mol. The molecule has 0 amide bonds. The van der Waals surface area contributed by atoms with Gasteiger partial charge in [0.15, 0.2) is 0 Å². The third kappa shape index (κ3) is 2.05. The summed E-state index contributed by atoms with van der Waals surface area (Å²) in [6.07, 6.45) is 5.22. The van der Waals surface area contributed by atoms with Crippen molar-refractivity contribution < 1.29 is 5.11 Å². The van der Waals surface area contributed by atoms with Gasteiger partial charge in [-0.1, -0.05) is 50.3 Å². The van der Waals surface area contributed by atoms with Crippen LogP contribution in [0.5, 0.6) is 0 Å². The molecule has 1 aliphatic carbocycles. The van der Waals surface area contributed by atoms with Crippen molar-refractivity contribution in [3.05, 3.63) is 47.5 Å². The molecule has 0 spiro atoms. The van der Waals surface area contributed by atoms with Gasteiger partial charge in [-0.05, 0) is 30.4 Å². The highest BCUT2D eigenvalue weighted by Gasteiger charge is 2.32. The number of allylic oxidation sites excluding steroid dienone is 1. The molecule has 1 heteroatoms. The van der Waals surface area contributed by atoms with E-state index in [1.807, 2.05) is 18.2 Å². The zero-order valence-electron chi connectivity index (χ0n) is 10.1. The summed E-state index contributed by atoms with van der Waals surface area (Å²) in [7, 11) is 0. The van der Waals surface area contributed by atoms with Crippen LogP contribution in [0.4, 0.5) is 0 Å². The highest BCUT2D eigenvalue weighted by Crippen LogP contribution is 2.34. The molecule has 1 aliphatic rings. The summed E-state index contributed by atoms with van der Waals surface area (Å²) in [6.45, 7) is 4.23. The van der Waals surface area contributed by atoms with Gasteiger partial charge in [-0.15, -0.1) is 0 Å². The van der Waals surface area contributed by atoms with E-state index in [-0.39, 0.29) is 11.5 Å². The van der Waals surface area contributed by atoms with Gasteiger partial charge in [-0.2, -0.15) is 0 Å². The molecule has 0 heterocycles. The molecule has 0 fully saturated rings. The summed E-state index contributed by atoms with van der Waals surface area (Å²) >= 11 is 0. The predicted molar refractivity (Wildman–Crippen MR) is 67.4 cm³/mol. The number of rotatable bonds is 3. The van der Waals surface area contributed by atoms with Gasteiger partial charge in [0.05, 0.1) is 6.10 Å². The third-order valence-corrected chi connectivity index (χ3v) is 3.63. The highest BCUT2D eigenvalue weighted by atomic mass is 16.3. The molecule has 0 aromatic heterocycles. The summed E-state index contributed by atoms with van der Waals surface area (Å²) in [6, 6.07) is 10.3. The Balaban J connectivity index is 2.24. The minimum Gasteiger partial charge on any atom is -0.388 e. The lowest BCUT2D eigenvalue weighted by atomic mass is 9.76. The Morgan fingerprint density at radius 2 is 1.88 bits per heavy atom. The first-order valence-electron chi connectivity index (χ1n) is 6.05. The molecule has 0 aliphatic heterocycles. The Hall–Kier alpha value is -1.08. The average molecular weight is 216 g/mol. The first-order chi connectivity index (χ1) is 7.62. The molecular formula is C15H20O. The molecule has 1 nitrogen and oxygen atoms in total. The molecule has 1 unspecified atom stereocenters. The molecule has 1 aromatic carbocycles. The molecule has 1 aromatic rings. The van der Waals surface area contributed by atoms with Crippen LogP contribution >= 0.6 is 0 Å². The standard InChI is InChI=1S/C15H20O/c1-15(2,13-10-4-3-5-11-13)14(16)12-8-6-7-9-12/h3-5,8,10-11,14,16H,6-7,9H2,1-2H3. The van der Waals surface area contributed by atoms with E-state index in [0.717, 1.165) is 12.8 Å². The first kappa shape index (κ1) is 11.4. The lowest BCUT2D eigenvalue weighted by Crippen LogP contribution is -2.34. The smallest absolute Gasteiger partial charge is 0.0841 e. The van der Waals surface area contributed by atoms with E-state index in [0.29, 0.717) is 0 Å². The molecule has 0 bridgehead atoms. The lowest BCUT2D eigenvalue weighted by Gasteiger charge is -2.32. The van der Waals surface area contributed by atoms with Crippen molar-refractivity contribution in [2.45, 2.75) is 44.6 Å². The van der Waals surface area contributed by atoms with Crippen LogP contribution in [0.25, 0.3) is 0 Å². The van der Waals surface area contributed by atoms with E-state index >= 15 is 0 Å². The largest absolute Gasteiger partial charge is 0.388 e. The maximum atomic E-state index is 10.5. The van der Waals surface area contributed by atoms with E-state index in [4.69, 9.17) is 0 Å². The van der Waals surface area contributed by atoms with Crippen molar-refractivity contribution in [1.82, 2.24) is 0 Å². The van der Waals surface area contributed by atoms with Gasteiger partial charge >= 0.3 is 0 Å². The van der Waals surface area contributed by atoms with Crippen LogP contribution in [0.2, 0.25) is 0 Å². The second kappa shape index (κ2) is 4.42. The normalized spacial score (nSPS) is 18.3. The van der Waals surface area contributed by atoms with Crippen LogP contribution in [0, 0.1) is 0 Å². The molecule has 1 atom stereocenters. The van der Waals surface area contributed by atoms with Crippen molar-refractivity contribution in [3.63, 3.8) is 0 Å². The number of aliphatic hydroxyl groups excluding tert-OH is 1. The quantitative estimate of drug-likeness (QED) is 0.767. The summed E-state index contributed by atoms with van der Waals surface area (Å²) in [5.74, 6) is 0. The van der Waals surface area contributed by atoms with E-state index < -0.39 is 0 Å². The summed E-state index contributed by atoms with van der Waals surface area (Å²) < 4.78 is 0. The lowest BCUT2D eigenvalue weighted by molar-refractivity contribution is 0.131. The van der Waals surface area contributed by atoms with Crippen LogP contribution in [0.3, 0.4) is 0 Å². The van der Waals surface area contributed by atoms with Crippen molar-refractivity contribution in [3.8, 4) is 0 Å². The fourth-order valence-electron chi connectivity index (χ4n) is 2.43. The fourth-order valence-corrected chi connectivity index (χ4v) is 2.43. The monoisotopic (exact) mass is 216 g/mol. The minimum absolute atomic E-state index is 0.197. The van der Waals surface area contributed by atoms with Crippen molar-refractivity contribution >= 4 is 0 Å². The van der Waals surface area contributed by atoms with Gasteiger partial charge in [0.1, 0.15) is 0 Å². The molecule has 0 radical (unpaired) electrons. The second-order valence-corrected chi connectivity index (χ2v) is 5.16. The number of aliphatic hydroxyl groups is 1. The topological polar surface area (TPSA) is 20.2 Å². The molecule has 2 rings (SSSR count). The molecule has 0 saturated carbocycles. The third-order valence-electron chi connectivity index (χ3n) is 3.63. The summed E-state index contributed by atoms with van der Waals surface area (Å²) in [5, 5.41) is 10.5. The summed E-state index contributed by atoms with van der Waals surface area (Å²) in [4.78, 5) is 0. The van der Waals surface area contributed by atoms with Crippen LogP contribution in [0.1, 0.15) is 38.7 Å². The molecule has 1 N–H and O–H groups in total. The van der Waals surface area contributed by atoms with Crippen molar-refractivity contribution in [2.75, 3.05) is 0 Å². The zero-order chi connectivity index (χ0) is 11.6. The molecule has 0 saturated heterocycles. The number of hydrogen-bond donors (Lipinski definition) is 1. The second-order valence-electron chi connectivity index (χ2n) is 5.16. The number of benzene rings is 1. The maximum absolute atomic E-state index is 10.5. The van der Waals surface area contributed by atoms with E-state index in [2.05, 4.69) is 32.1 Å². The van der Waals surface area contributed by atoms with Crippen molar-refractivity contribution in [1.29, 1.82) is 0 Å². The summed E-state index contributed by atoms with van der Waals surface area (Å²) in [5.41, 5.74) is 2.22. The first-order valence-corrected chi connectivity index (χ1v) is 6.05. The Morgan fingerprint density at radius 3 is 2.44 bits per heavy atom. The Bertz CT molecular complexity index is 376. The highest BCUT2D eigenvalue weighted by molar-refractivity contribution is 5.30. The van der Waals surface area contributed by atoms with Gasteiger partial charge < -0.3 is 5.11 Å². The van der Waals surface area contributed by atoms with Gasteiger partial charge in [0, 0.05) is 5.41 Å². The van der Waals surface area contributed by atoms with Crippen LogP contribution < -0.4 is 0 Å². The predicted octanol–water partition coefficient (Wildman–Crippen LogP) is 3.44. The van der Waals surface area contributed by atoms with E-state index in [1.54, 1.807) is 0 Å². The fraction of sp³-hybridized carbons (Fsp3) is 0.467. The zero-order valence-corrected chi connectivity index (χ0v) is 10.1. The van der Waals surface area contributed by atoms with E-state index in [1.165, 1.54) is 17.6 Å². The van der Waals surface area contributed by atoms with Gasteiger partial charge in [0.2, 0.25) is 0 Å². The van der Waals surface area contributed by atoms with Crippen LogP contribution in [-0.2, 0) is 5.41 Å². The molecule has 86 valence electrons. The van der Waals surface area contributed by atoms with Crippen molar-refractivity contribution in [2.24, 2.45) is 0 Å². The van der Waals surface area contributed by atoms with Gasteiger partial charge in [-0.3, -0.25) is 0 Å². The van der Waals surface area contributed by atoms with Gasteiger partial charge in [-0.25, -0.2) is 0 Å². The SMILES string of the molecule is CC(C)(c1ccccc1)C(O)C1=CCCC1. The Morgan fingerprint density at radius 1 is 1.19 bits per heavy atom. The Labute approximate surface area is 97.8 Å². The molecule has 16 heavy (non-hydrogen) atoms. The number of hydrogen-bond acceptors (Lipinski definition) is 1. The Kier molecular flexibility index (Phi) is 3.15. The minimum atomic E-state index is -0.350.